The Kier molecular flexibility index (Phi) is 5.17. The number of carbonyl (C=O) groups is 1. The number of fused-ring (bicyclic) bond motifs is 2. The Hall–Kier alpha value is -4.99. The summed E-state index contributed by atoms with van der Waals surface area (Å²) in [6, 6.07) is 10.1. The van der Waals surface area contributed by atoms with Crippen molar-refractivity contribution in [1.82, 2.24) is 35.1 Å². The van der Waals surface area contributed by atoms with Crippen molar-refractivity contribution in [3.05, 3.63) is 73.2 Å². The summed E-state index contributed by atoms with van der Waals surface area (Å²) in [4.78, 5) is 33.7. The van der Waals surface area contributed by atoms with Crippen LogP contribution >= 0.6 is 0 Å². The molecule has 5 heterocycles. The lowest BCUT2D eigenvalue weighted by Gasteiger charge is -2.24. The zero-order chi connectivity index (χ0) is 25.6. The number of nitrogens with one attached hydrogen (secondary N) is 3. The quantitative estimate of drug-likeness (QED) is 0.285. The number of aromatic amines is 2. The molecule has 0 spiro atoms. The van der Waals surface area contributed by atoms with Crippen LogP contribution in [0.25, 0.3) is 55.8 Å². The minimum absolute atomic E-state index is 0.0419. The number of H-pyrrole nitrogens is 2. The van der Waals surface area contributed by atoms with Crippen LogP contribution < -0.4 is 5.32 Å². The molecule has 38 heavy (non-hydrogen) atoms. The van der Waals surface area contributed by atoms with Crippen LogP contribution in [-0.2, 0) is 4.79 Å². The van der Waals surface area contributed by atoms with E-state index < -0.39 is 0 Å². The fraction of sp³-hybridized carbons (Fsp3) is 0.143. The second-order valence-corrected chi connectivity index (χ2v) is 9.45. The number of nitrogens with zero attached hydrogens (tertiary/aromatic N) is 5. The number of imidazole rings is 1. The molecule has 0 radical (unpaired) electrons. The zero-order valence-electron chi connectivity index (χ0n) is 20.1. The molecule has 186 valence electrons. The number of halogens is 1. The van der Waals surface area contributed by atoms with E-state index in [-0.39, 0.29) is 17.6 Å². The lowest BCUT2D eigenvalue weighted by atomic mass is 9.85. The summed E-state index contributed by atoms with van der Waals surface area (Å²) < 4.78 is 13.5. The van der Waals surface area contributed by atoms with Gasteiger partial charge in [-0.15, -0.1) is 0 Å². The van der Waals surface area contributed by atoms with E-state index in [9.17, 15) is 9.18 Å². The van der Waals surface area contributed by atoms with Crippen molar-refractivity contribution in [3.63, 3.8) is 0 Å². The molecule has 5 aromatic heterocycles. The summed E-state index contributed by atoms with van der Waals surface area (Å²) in [5.74, 6) is 0.388. The van der Waals surface area contributed by atoms with Gasteiger partial charge in [-0.1, -0.05) is 18.6 Å². The molecule has 9 nitrogen and oxygen atoms in total. The van der Waals surface area contributed by atoms with Gasteiger partial charge < -0.3 is 10.3 Å². The predicted octanol–water partition coefficient (Wildman–Crippen LogP) is 5.50. The molecular weight excluding hydrogens is 483 g/mol. The Morgan fingerprint density at radius 1 is 0.947 bits per heavy atom. The van der Waals surface area contributed by atoms with Crippen LogP contribution in [0.3, 0.4) is 0 Å². The molecule has 0 aliphatic heterocycles. The molecule has 3 N–H and O–H groups in total. The highest BCUT2D eigenvalue weighted by Gasteiger charge is 2.25. The number of rotatable bonds is 5. The first-order chi connectivity index (χ1) is 18.6. The molecule has 1 saturated carbocycles. The van der Waals surface area contributed by atoms with Gasteiger partial charge in [-0.3, -0.25) is 19.9 Å². The number of aromatic nitrogens is 7. The number of hydrogen-bond acceptors (Lipinski definition) is 6. The molecule has 0 bridgehead atoms. The molecule has 0 unspecified atom stereocenters. The number of pyridine rings is 3. The normalized spacial score (nSPS) is 13.6. The standard InChI is InChI=1S/C28H21FN8O/c29-19-6-4-15(5-7-19)22-13-31-14-23-24(22)35-27(34-23)25-21-9-18(11-32-26(21)37-36-25)17-8-20(12-30-10-17)33-28(38)16-2-1-3-16/h4-14,16H,1-3H2,(H,33,38)(H,34,35)(H,32,36,37). The van der Waals surface area contributed by atoms with E-state index in [1.54, 1.807) is 43.1 Å². The summed E-state index contributed by atoms with van der Waals surface area (Å²) in [5.41, 5.74) is 6.59. The van der Waals surface area contributed by atoms with Crippen LogP contribution in [0.15, 0.2) is 67.4 Å². The van der Waals surface area contributed by atoms with Crippen LogP contribution in [-0.4, -0.2) is 41.0 Å². The average molecular weight is 505 g/mol. The Bertz CT molecular complexity index is 1820. The Morgan fingerprint density at radius 2 is 1.76 bits per heavy atom. The van der Waals surface area contributed by atoms with Gasteiger partial charge in [0.1, 0.15) is 11.5 Å². The number of benzene rings is 1. The molecule has 1 aromatic carbocycles. The van der Waals surface area contributed by atoms with E-state index in [1.807, 2.05) is 12.1 Å². The highest BCUT2D eigenvalue weighted by atomic mass is 19.1. The van der Waals surface area contributed by atoms with E-state index >= 15 is 0 Å². The van der Waals surface area contributed by atoms with Crippen molar-refractivity contribution in [3.8, 4) is 33.8 Å². The topological polar surface area (TPSA) is 125 Å². The fourth-order valence-corrected chi connectivity index (χ4v) is 4.71. The van der Waals surface area contributed by atoms with E-state index in [1.165, 1.54) is 12.1 Å². The fourth-order valence-electron chi connectivity index (χ4n) is 4.71. The van der Waals surface area contributed by atoms with E-state index in [0.29, 0.717) is 28.4 Å². The zero-order valence-corrected chi connectivity index (χ0v) is 20.1. The van der Waals surface area contributed by atoms with Crippen molar-refractivity contribution < 1.29 is 9.18 Å². The van der Waals surface area contributed by atoms with Crippen molar-refractivity contribution in [2.75, 3.05) is 5.32 Å². The van der Waals surface area contributed by atoms with Crippen molar-refractivity contribution in [2.45, 2.75) is 19.3 Å². The van der Waals surface area contributed by atoms with Crippen LogP contribution in [0.5, 0.6) is 0 Å². The third-order valence-corrected chi connectivity index (χ3v) is 7.01. The second-order valence-electron chi connectivity index (χ2n) is 9.45. The van der Waals surface area contributed by atoms with E-state index in [2.05, 4.69) is 35.5 Å². The summed E-state index contributed by atoms with van der Waals surface area (Å²) in [7, 11) is 0. The summed E-state index contributed by atoms with van der Waals surface area (Å²) in [6.07, 6.45) is 11.5. The second kappa shape index (κ2) is 8.84. The van der Waals surface area contributed by atoms with Crippen LogP contribution in [0.4, 0.5) is 10.1 Å². The molecule has 6 aromatic rings. The number of carbonyl (C=O) groups excluding carboxylic acids is 1. The van der Waals surface area contributed by atoms with Gasteiger partial charge in [0.05, 0.1) is 34.5 Å². The molecule has 1 fully saturated rings. The van der Waals surface area contributed by atoms with Crippen LogP contribution in [0.2, 0.25) is 0 Å². The van der Waals surface area contributed by atoms with E-state index in [4.69, 9.17) is 4.98 Å². The van der Waals surface area contributed by atoms with Crippen molar-refractivity contribution >= 4 is 33.7 Å². The van der Waals surface area contributed by atoms with Crippen LogP contribution in [0, 0.1) is 11.7 Å². The Labute approximate surface area is 215 Å². The SMILES string of the molecule is O=C(Nc1cncc(-c2cnc3[nH]nc(-c4nc5c(-c6ccc(F)cc6)cncc5[nH]4)c3c2)c1)C1CCC1. The van der Waals surface area contributed by atoms with Gasteiger partial charge in [0.15, 0.2) is 11.5 Å². The van der Waals surface area contributed by atoms with Gasteiger partial charge in [0.25, 0.3) is 0 Å². The molecule has 1 aliphatic rings. The minimum Gasteiger partial charge on any atom is -0.335 e. The largest absolute Gasteiger partial charge is 0.335 e. The van der Waals surface area contributed by atoms with Gasteiger partial charge in [-0.05, 0) is 42.7 Å². The maximum absolute atomic E-state index is 13.5. The highest BCUT2D eigenvalue weighted by molar-refractivity contribution is 5.97. The first-order valence-corrected chi connectivity index (χ1v) is 12.3. The minimum atomic E-state index is -0.302. The van der Waals surface area contributed by atoms with Gasteiger partial charge in [-0.2, -0.15) is 5.10 Å². The molecular formula is C28H21FN8O. The number of hydrogen-bond donors (Lipinski definition) is 3. The van der Waals surface area contributed by atoms with Crippen molar-refractivity contribution in [1.29, 1.82) is 0 Å². The molecule has 1 amide bonds. The molecule has 0 saturated heterocycles. The molecule has 10 heteroatoms. The van der Waals surface area contributed by atoms with Gasteiger partial charge in [0.2, 0.25) is 5.91 Å². The van der Waals surface area contributed by atoms with Gasteiger partial charge in [-0.25, -0.2) is 14.4 Å². The Morgan fingerprint density at radius 3 is 2.58 bits per heavy atom. The lowest BCUT2D eigenvalue weighted by Crippen LogP contribution is -2.28. The maximum Gasteiger partial charge on any atom is 0.227 e. The summed E-state index contributed by atoms with van der Waals surface area (Å²) in [5, 5.41) is 11.2. The number of anilines is 1. The maximum atomic E-state index is 13.5. The van der Waals surface area contributed by atoms with E-state index in [0.717, 1.165) is 52.4 Å². The first kappa shape index (κ1) is 22.2. The van der Waals surface area contributed by atoms with Crippen LogP contribution in [0.1, 0.15) is 19.3 Å². The van der Waals surface area contributed by atoms with Gasteiger partial charge >= 0.3 is 0 Å². The monoisotopic (exact) mass is 504 g/mol. The first-order valence-electron chi connectivity index (χ1n) is 12.3. The average Bonchev–Trinajstić information content (AvgIpc) is 3.52. The third-order valence-electron chi connectivity index (χ3n) is 7.01. The van der Waals surface area contributed by atoms with Crippen molar-refractivity contribution in [2.24, 2.45) is 5.92 Å². The highest BCUT2D eigenvalue weighted by Crippen LogP contribution is 2.33. The lowest BCUT2D eigenvalue weighted by molar-refractivity contribution is -0.122. The third kappa shape index (κ3) is 3.86. The Balaban J connectivity index is 1.26. The number of amides is 1. The molecule has 1 aliphatic carbocycles. The smallest absolute Gasteiger partial charge is 0.227 e. The van der Waals surface area contributed by atoms with Gasteiger partial charge in [0, 0.05) is 41.2 Å². The predicted molar refractivity (Wildman–Crippen MR) is 141 cm³/mol. The molecule has 7 rings (SSSR count). The summed E-state index contributed by atoms with van der Waals surface area (Å²) in [6.45, 7) is 0. The summed E-state index contributed by atoms with van der Waals surface area (Å²) >= 11 is 0. The molecule has 0 atom stereocenters.